The lowest BCUT2D eigenvalue weighted by Crippen LogP contribution is -2.42. The van der Waals surface area contributed by atoms with Crippen molar-refractivity contribution in [3.8, 4) is 0 Å². The van der Waals surface area contributed by atoms with E-state index in [0.29, 0.717) is 0 Å². The molecule has 5 rings (SSSR count). The van der Waals surface area contributed by atoms with Gasteiger partial charge in [0.1, 0.15) is 0 Å². The zero-order chi connectivity index (χ0) is 14.6. The largest absolute Gasteiger partial charge is 0.321 e. The summed E-state index contributed by atoms with van der Waals surface area (Å²) in [5, 5.41) is 6.25. The van der Waals surface area contributed by atoms with Crippen LogP contribution >= 0.6 is 28.7 Å². The van der Waals surface area contributed by atoms with Crippen LogP contribution in [0.4, 0.5) is 0 Å². The molecule has 2 aromatic rings. The molecule has 23 heavy (non-hydrogen) atoms. The number of hydrogen-bond donors (Lipinski definition) is 0. The minimum atomic E-state index is 0. The Kier molecular flexibility index (Phi) is 3.77. The number of hydrogen-bond acceptors (Lipinski definition) is 3. The summed E-state index contributed by atoms with van der Waals surface area (Å²) in [5.41, 5.74) is 3.20. The summed E-state index contributed by atoms with van der Waals surface area (Å²) in [5.74, 6) is 0. The smallest absolute Gasteiger partial charge is 0.167 e. The number of allylic oxidation sites excluding steroid dienone is 1. The van der Waals surface area contributed by atoms with Crippen LogP contribution in [0.1, 0.15) is 24.8 Å². The third-order valence-electron chi connectivity index (χ3n) is 5.37. The lowest BCUT2D eigenvalue weighted by atomic mass is 9.62. The molecule has 0 bridgehead atoms. The van der Waals surface area contributed by atoms with Crippen LogP contribution in [0.3, 0.4) is 0 Å². The molecule has 118 valence electrons. The molecule has 2 heterocycles. The van der Waals surface area contributed by atoms with Gasteiger partial charge >= 0.3 is 0 Å². The van der Waals surface area contributed by atoms with Crippen molar-refractivity contribution in [1.82, 2.24) is 4.90 Å². The van der Waals surface area contributed by atoms with Gasteiger partial charge in [0.15, 0.2) is 5.17 Å². The van der Waals surface area contributed by atoms with Crippen molar-refractivity contribution in [2.24, 2.45) is 4.99 Å². The number of benzene rings is 2. The SMILES string of the molecule is Br.C1=C(C2(c3ccc4ccccc4c3)CCC2)N2CCN=C2S1. The van der Waals surface area contributed by atoms with Gasteiger partial charge in [-0.25, -0.2) is 0 Å². The Labute approximate surface area is 151 Å². The molecule has 2 nitrogen and oxygen atoms in total. The fraction of sp³-hybridized carbons (Fsp3) is 0.316. The van der Waals surface area contributed by atoms with Gasteiger partial charge in [0.2, 0.25) is 0 Å². The summed E-state index contributed by atoms with van der Waals surface area (Å²) in [7, 11) is 0. The molecule has 0 saturated heterocycles. The molecule has 0 spiro atoms. The van der Waals surface area contributed by atoms with Gasteiger partial charge in [-0.2, -0.15) is 0 Å². The van der Waals surface area contributed by atoms with E-state index in [0.717, 1.165) is 13.1 Å². The van der Waals surface area contributed by atoms with E-state index in [1.54, 1.807) is 0 Å². The second-order valence-electron chi connectivity index (χ2n) is 6.43. The van der Waals surface area contributed by atoms with E-state index in [2.05, 4.69) is 57.8 Å². The molecule has 1 fully saturated rings. The van der Waals surface area contributed by atoms with Crippen LogP contribution in [0.25, 0.3) is 10.8 Å². The molecule has 0 amide bonds. The minimum absolute atomic E-state index is 0. The van der Waals surface area contributed by atoms with Crippen molar-refractivity contribution in [3.63, 3.8) is 0 Å². The molecule has 2 aromatic carbocycles. The third-order valence-corrected chi connectivity index (χ3v) is 6.27. The van der Waals surface area contributed by atoms with Crippen LogP contribution in [-0.2, 0) is 5.41 Å². The maximum atomic E-state index is 4.62. The van der Waals surface area contributed by atoms with Gasteiger partial charge in [-0.05, 0) is 34.6 Å². The van der Waals surface area contributed by atoms with E-state index >= 15 is 0 Å². The van der Waals surface area contributed by atoms with Gasteiger partial charge in [0.05, 0.1) is 6.54 Å². The van der Waals surface area contributed by atoms with Gasteiger partial charge in [-0.1, -0.05) is 60.6 Å². The Morgan fingerprint density at radius 1 is 1.04 bits per heavy atom. The second kappa shape index (κ2) is 5.67. The number of aliphatic imine (C=N–C) groups is 1. The number of fused-ring (bicyclic) bond motifs is 2. The minimum Gasteiger partial charge on any atom is -0.321 e. The summed E-state index contributed by atoms with van der Waals surface area (Å²) < 4.78 is 0. The second-order valence-corrected chi connectivity index (χ2v) is 7.27. The van der Waals surface area contributed by atoms with Crippen molar-refractivity contribution in [2.45, 2.75) is 24.7 Å². The van der Waals surface area contributed by atoms with Crippen molar-refractivity contribution in [2.75, 3.05) is 13.1 Å². The summed E-state index contributed by atoms with van der Waals surface area (Å²) >= 11 is 1.81. The van der Waals surface area contributed by atoms with Crippen molar-refractivity contribution >= 4 is 44.7 Å². The van der Waals surface area contributed by atoms with Crippen LogP contribution < -0.4 is 0 Å². The summed E-state index contributed by atoms with van der Waals surface area (Å²) in [6.45, 7) is 2.01. The predicted octanol–water partition coefficient (Wildman–Crippen LogP) is 5.10. The molecule has 1 saturated carbocycles. The van der Waals surface area contributed by atoms with E-state index in [4.69, 9.17) is 0 Å². The van der Waals surface area contributed by atoms with Gasteiger partial charge in [0, 0.05) is 17.7 Å². The molecule has 3 aliphatic rings. The molecule has 0 aromatic heterocycles. The van der Waals surface area contributed by atoms with Crippen LogP contribution in [0.15, 0.2) is 58.6 Å². The first kappa shape index (κ1) is 15.3. The zero-order valence-electron chi connectivity index (χ0n) is 12.9. The van der Waals surface area contributed by atoms with Crippen LogP contribution in [-0.4, -0.2) is 23.2 Å². The predicted molar refractivity (Wildman–Crippen MR) is 104 cm³/mol. The van der Waals surface area contributed by atoms with Crippen LogP contribution in [0.2, 0.25) is 0 Å². The number of rotatable bonds is 2. The zero-order valence-corrected chi connectivity index (χ0v) is 15.4. The Hall–Kier alpha value is -1.26. The lowest BCUT2D eigenvalue weighted by molar-refractivity contribution is 0.253. The van der Waals surface area contributed by atoms with Gasteiger partial charge in [0.25, 0.3) is 0 Å². The van der Waals surface area contributed by atoms with Gasteiger partial charge in [-0.15, -0.1) is 17.0 Å². The van der Waals surface area contributed by atoms with E-state index in [1.807, 2.05) is 11.8 Å². The number of amidine groups is 1. The molecule has 1 aliphatic carbocycles. The molecule has 0 atom stereocenters. The van der Waals surface area contributed by atoms with E-state index in [-0.39, 0.29) is 22.4 Å². The number of nitrogens with zero attached hydrogens (tertiary/aromatic N) is 2. The van der Waals surface area contributed by atoms with Crippen LogP contribution in [0.5, 0.6) is 0 Å². The maximum absolute atomic E-state index is 4.62. The summed E-state index contributed by atoms with van der Waals surface area (Å²) in [6, 6.07) is 15.7. The van der Waals surface area contributed by atoms with E-state index < -0.39 is 0 Å². The fourth-order valence-corrected chi connectivity index (χ4v) is 5.06. The molecule has 0 radical (unpaired) electrons. The summed E-state index contributed by atoms with van der Waals surface area (Å²) in [4.78, 5) is 7.07. The Bertz CT molecular complexity index is 823. The monoisotopic (exact) mass is 386 g/mol. The highest BCUT2D eigenvalue weighted by Gasteiger charge is 2.47. The molecular formula is C19H19BrN2S. The van der Waals surface area contributed by atoms with Crippen molar-refractivity contribution < 1.29 is 0 Å². The van der Waals surface area contributed by atoms with Crippen LogP contribution in [0, 0.1) is 0 Å². The topological polar surface area (TPSA) is 15.6 Å². The highest BCUT2D eigenvalue weighted by molar-refractivity contribution is 8.93. The first-order valence-electron chi connectivity index (χ1n) is 8.05. The maximum Gasteiger partial charge on any atom is 0.167 e. The molecule has 0 unspecified atom stereocenters. The van der Waals surface area contributed by atoms with Crippen molar-refractivity contribution in [3.05, 3.63) is 59.1 Å². The fourth-order valence-electron chi connectivity index (χ4n) is 4.00. The Morgan fingerprint density at radius 2 is 1.87 bits per heavy atom. The normalized spacial score (nSPS) is 21.3. The number of thioether (sulfide) groups is 1. The highest BCUT2D eigenvalue weighted by Crippen LogP contribution is 2.53. The number of halogens is 1. The van der Waals surface area contributed by atoms with Gasteiger partial charge in [-0.3, -0.25) is 4.99 Å². The van der Waals surface area contributed by atoms with E-state index in [1.165, 1.54) is 46.5 Å². The molecule has 4 heteroatoms. The first-order valence-corrected chi connectivity index (χ1v) is 8.93. The van der Waals surface area contributed by atoms with Gasteiger partial charge < -0.3 is 4.90 Å². The molecular weight excluding hydrogens is 368 g/mol. The van der Waals surface area contributed by atoms with E-state index in [9.17, 15) is 0 Å². The molecule has 0 N–H and O–H groups in total. The average molecular weight is 387 g/mol. The Balaban J connectivity index is 0.00000135. The molecule has 2 aliphatic heterocycles. The van der Waals surface area contributed by atoms with Crippen molar-refractivity contribution in [1.29, 1.82) is 0 Å². The summed E-state index contributed by atoms with van der Waals surface area (Å²) in [6.07, 6.45) is 3.86. The standard InChI is InChI=1S/C19H18N2S.BrH/c1-2-5-15-12-16(7-6-14(15)4-1)19(8-3-9-19)17-13-22-18-20-10-11-21(17)18;/h1-2,4-7,12-13H,3,8-11H2;1H. The lowest BCUT2D eigenvalue weighted by Gasteiger charge is -2.46. The first-order chi connectivity index (χ1) is 10.9. The average Bonchev–Trinajstić information content (AvgIpc) is 3.11. The third kappa shape index (κ3) is 2.18. The highest BCUT2D eigenvalue weighted by atomic mass is 79.9. The Morgan fingerprint density at radius 3 is 2.65 bits per heavy atom. The quantitative estimate of drug-likeness (QED) is 0.713.